The Hall–Kier alpha value is -0.830. The van der Waals surface area contributed by atoms with Crippen molar-refractivity contribution >= 4 is 0 Å². The lowest BCUT2D eigenvalue weighted by Crippen LogP contribution is -2.16. The number of nitrogens with zero attached hydrogens (tertiary/aromatic N) is 2. The van der Waals surface area contributed by atoms with Crippen LogP contribution in [0.1, 0.15) is 44.9 Å². The molecule has 1 N–H and O–H groups in total. The van der Waals surface area contributed by atoms with Crippen molar-refractivity contribution in [3.8, 4) is 0 Å². The number of hydrogen-bond donors (Lipinski definition) is 1. The van der Waals surface area contributed by atoms with Crippen LogP contribution < -0.4 is 0 Å². The van der Waals surface area contributed by atoms with Gasteiger partial charge in [-0.3, -0.25) is 0 Å². The molecule has 0 amide bonds. The first-order valence-corrected chi connectivity index (χ1v) is 5.89. The molecule has 3 heteroatoms. The molecule has 0 aliphatic carbocycles. The van der Waals surface area contributed by atoms with Crippen molar-refractivity contribution in [2.75, 3.05) is 0 Å². The fourth-order valence-electron chi connectivity index (χ4n) is 2.02. The molecule has 1 atom stereocenters. The summed E-state index contributed by atoms with van der Waals surface area (Å²) in [6, 6.07) is 0. The van der Waals surface area contributed by atoms with Crippen LogP contribution in [0.4, 0.5) is 0 Å². The van der Waals surface area contributed by atoms with Crippen LogP contribution in [0.15, 0.2) is 0 Å². The zero-order valence-corrected chi connectivity index (χ0v) is 10.2. The van der Waals surface area contributed by atoms with Gasteiger partial charge in [0.05, 0.1) is 11.8 Å². The lowest BCUT2D eigenvalue weighted by atomic mass is 10.2. The number of aliphatic hydroxyl groups is 1. The van der Waals surface area contributed by atoms with Crippen LogP contribution in [0.5, 0.6) is 0 Å². The molecule has 0 aliphatic heterocycles. The van der Waals surface area contributed by atoms with Gasteiger partial charge in [-0.25, -0.2) is 4.98 Å². The first-order valence-electron chi connectivity index (χ1n) is 5.89. The van der Waals surface area contributed by atoms with E-state index in [-0.39, 0.29) is 6.10 Å². The molecule has 3 nitrogen and oxygen atoms in total. The summed E-state index contributed by atoms with van der Waals surface area (Å²) in [4.78, 5) is 4.62. The Bertz CT molecular complexity index is 316. The maximum absolute atomic E-state index is 9.48. The lowest BCUT2D eigenvalue weighted by molar-refractivity contribution is 0.171. The molecule has 1 rings (SSSR count). The summed E-state index contributed by atoms with van der Waals surface area (Å²) in [6.07, 6.45) is 2.59. The van der Waals surface area contributed by atoms with Crippen LogP contribution in [0.25, 0.3) is 0 Å². The van der Waals surface area contributed by atoms with Crippen molar-refractivity contribution in [2.45, 2.75) is 59.6 Å². The number of aryl methyl sites for hydroxylation is 2. The van der Waals surface area contributed by atoms with E-state index in [0.717, 1.165) is 25.1 Å². The van der Waals surface area contributed by atoms with Gasteiger partial charge in [0.15, 0.2) is 0 Å². The van der Waals surface area contributed by atoms with Gasteiger partial charge < -0.3 is 9.67 Å². The smallest absolute Gasteiger partial charge is 0.109 e. The molecule has 1 heterocycles. The largest absolute Gasteiger partial charge is 0.392 e. The zero-order chi connectivity index (χ0) is 11.4. The van der Waals surface area contributed by atoms with Crippen molar-refractivity contribution in [3.05, 3.63) is 17.2 Å². The minimum absolute atomic E-state index is 0.306. The van der Waals surface area contributed by atoms with E-state index in [1.165, 1.54) is 11.4 Å². The van der Waals surface area contributed by atoms with Crippen molar-refractivity contribution < 1.29 is 5.11 Å². The van der Waals surface area contributed by atoms with Crippen LogP contribution >= 0.6 is 0 Å². The fourth-order valence-corrected chi connectivity index (χ4v) is 2.02. The van der Waals surface area contributed by atoms with Gasteiger partial charge >= 0.3 is 0 Å². The Morgan fingerprint density at radius 1 is 1.20 bits per heavy atom. The van der Waals surface area contributed by atoms with E-state index >= 15 is 0 Å². The molecule has 0 saturated heterocycles. The SMILES string of the molecule is CCc1nc(CC)n(CC(C)O)c1CC. The Labute approximate surface area is 92.1 Å². The van der Waals surface area contributed by atoms with Gasteiger partial charge in [0.2, 0.25) is 0 Å². The van der Waals surface area contributed by atoms with Crippen molar-refractivity contribution in [1.82, 2.24) is 9.55 Å². The second-order valence-electron chi connectivity index (χ2n) is 3.94. The maximum atomic E-state index is 9.48. The highest BCUT2D eigenvalue weighted by atomic mass is 16.3. The van der Waals surface area contributed by atoms with E-state index in [0.29, 0.717) is 6.54 Å². The molecule has 0 fully saturated rings. The van der Waals surface area contributed by atoms with Crippen LogP contribution in [-0.2, 0) is 25.8 Å². The summed E-state index contributed by atoms with van der Waals surface area (Å²) in [5, 5.41) is 9.48. The Balaban J connectivity index is 3.12. The van der Waals surface area contributed by atoms with E-state index in [4.69, 9.17) is 0 Å². The van der Waals surface area contributed by atoms with Crippen LogP contribution in [0.2, 0.25) is 0 Å². The van der Waals surface area contributed by atoms with Crippen LogP contribution in [-0.4, -0.2) is 20.8 Å². The second kappa shape index (κ2) is 5.31. The number of rotatable bonds is 5. The lowest BCUT2D eigenvalue weighted by Gasteiger charge is -2.12. The molecule has 0 spiro atoms. The number of imidazole rings is 1. The molecule has 0 aliphatic rings. The first kappa shape index (κ1) is 12.2. The van der Waals surface area contributed by atoms with Gasteiger partial charge in [-0.05, 0) is 19.8 Å². The van der Waals surface area contributed by atoms with Gasteiger partial charge in [-0.1, -0.05) is 20.8 Å². The Morgan fingerprint density at radius 3 is 2.27 bits per heavy atom. The monoisotopic (exact) mass is 210 g/mol. The summed E-state index contributed by atoms with van der Waals surface area (Å²) in [6.45, 7) is 8.88. The summed E-state index contributed by atoms with van der Waals surface area (Å²) in [7, 11) is 0. The van der Waals surface area contributed by atoms with E-state index in [1.54, 1.807) is 0 Å². The van der Waals surface area contributed by atoms with Gasteiger partial charge in [-0.15, -0.1) is 0 Å². The molecule has 86 valence electrons. The van der Waals surface area contributed by atoms with Gasteiger partial charge in [0.25, 0.3) is 0 Å². The predicted octanol–water partition coefficient (Wildman–Crippen LogP) is 1.95. The van der Waals surface area contributed by atoms with Crippen LogP contribution in [0.3, 0.4) is 0 Å². The minimum atomic E-state index is -0.306. The number of aromatic nitrogens is 2. The third kappa shape index (κ3) is 2.59. The molecule has 1 aromatic heterocycles. The van der Waals surface area contributed by atoms with Crippen molar-refractivity contribution in [2.24, 2.45) is 0 Å². The van der Waals surface area contributed by atoms with E-state index in [9.17, 15) is 5.11 Å². The van der Waals surface area contributed by atoms with Crippen molar-refractivity contribution in [1.29, 1.82) is 0 Å². The molecular weight excluding hydrogens is 188 g/mol. The molecule has 0 radical (unpaired) electrons. The second-order valence-corrected chi connectivity index (χ2v) is 3.94. The highest BCUT2D eigenvalue weighted by molar-refractivity contribution is 5.18. The average Bonchev–Trinajstić information content (AvgIpc) is 2.54. The highest BCUT2D eigenvalue weighted by Crippen LogP contribution is 2.15. The van der Waals surface area contributed by atoms with E-state index < -0.39 is 0 Å². The summed E-state index contributed by atoms with van der Waals surface area (Å²) >= 11 is 0. The average molecular weight is 210 g/mol. The fraction of sp³-hybridized carbons (Fsp3) is 0.750. The summed E-state index contributed by atoms with van der Waals surface area (Å²) < 4.78 is 2.18. The number of hydrogen-bond acceptors (Lipinski definition) is 2. The van der Waals surface area contributed by atoms with E-state index in [1.807, 2.05) is 6.92 Å². The summed E-state index contributed by atoms with van der Waals surface area (Å²) in [5.74, 6) is 1.10. The molecule has 0 saturated carbocycles. The first-order chi connectivity index (χ1) is 7.13. The van der Waals surface area contributed by atoms with E-state index in [2.05, 4.69) is 30.3 Å². The zero-order valence-electron chi connectivity index (χ0n) is 10.2. The summed E-state index contributed by atoms with van der Waals surface area (Å²) in [5.41, 5.74) is 2.48. The molecule has 0 bridgehead atoms. The van der Waals surface area contributed by atoms with Gasteiger partial charge in [0, 0.05) is 18.7 Å². The molecule has 15 heavy (non-hydrogen) atoms. The highest BCUT2D eigenvalue weighted by Gasteiger charge is 2.14. The minimum Gasteiger partial charge on any atom is -0.392 e. The molecular formula is C12H22N2O. The maximum Gasteiger partial charge on any atom is 0.109 e. The van der Waals surface area contributed by atoms with Crippen LogP contribution in [0, 0.1) is 0 Å². The molecule has 1 unspecified atom stereocenters. The standard InChI is InChI=1S/C12H22N2O/c1-5-10-11(6-2)14(8-9(4)15)12(7-3)13-10/h9,15H,5-8H2,1-4H3. The third-order valence-corrected chi connectivity index (χ3v) is 2.67. The predicted molar refractivity (Wildman–Crippen MR) is 62.0 cm³/mol. The normalized spacial score (nSPS) is 13.1. The number of aliphatic hydroxyl groups excluding tert-OH is 1. The Morgan fingerprint density at radius 2 is 1.87 bits per heavy atom. The van der Waals surface area contributed by atoms with Gasteiger partial charge in [-0.2, -0.15) is 0 Å². The molecule has 0 aromatic carbocycles. The quantitative estimate of drug-likeness (QED) is 0.806. The Kier molecular flexibility index (Phi) is 4.33. The molecule has 1 aromatic rings. The van der Waals surface area contributed by atoms with Crippen molar-refractivity contribution in [3.63, 3.8) is 0 Å². The topological polar surface area (TPSA) is 38.0 Å². The van der Waals surface area contributed by atoms with Gasteiger partial charge in [0.1, 0.15) is 5.82 Å². The third-order valence-electron chi connectivity index (χ3n) is 2.67.